The predicted molar refractivity (Wildman–Crippen MR) is 74.8 cm³/mol. The Balaban J connectivity index is 2.56. The van der Waals surface area contributed by atoms with E-state index in [-0.39, 0.29) is 18.0 Å². The first-order valence-electron chi connectivity index (χ1n) is 6.78. The second kappa shape index (κ2) is 8.46. The maximum Gasteiger partial charge on any atom is 0.302 e. The van der Waals surface area contributed by atoms with Crippen LogP contribution in [0.1, 0.15) is 38.7 Å². The molecule has 1 rings (SSSR count). The van der Waals surface area contributed by atoms with E-state index in [0.717, 1.165) is 25.5 Å². The summed E-state index contributed by atoms with van der Waals surface area (Å²) in [5.41, 5.74) is 1.24. The van der Waals surface area contributed by atoms with Crippen LogP contribution in [-0.2, 0) is 20.7 Å². The molecular weight excluding hydrogens is 240 g/mol. The van der Waals surface area contributed by atoms with Crippen molar-refractivity contribution in [3.05, 3.63) is 35.9 Å². The van der Waals surface area contributed by atoms with Crippen LogP contribution in [0.15, 0.2) is 30.3 Å². The molecule has 0 unspecified atom stereocenters. The molecule has 2 atom stereocenters. The standard InChI is InChI=1S/C16H22O3/c1-13(12-15-8-4-3-5-9-15)16(19-14(2)18)10-6-7-11-17/h3-5,8-9,11,13,16H,6-7,10,12H2,1-2H3/t13-,16-/m1/s1. The van der Waals surface area contributed by atoms with Gasteiger partial charge in [-0.2, -0.15) is 0 Å². The first kappa shape index (κ1) is 15.4. The molecule has 0 N–H and O–H groups in total. The number of benzene rings is 1. The lowest BCUT2D eigenvalue weighted by Crippen LogP contribution is -2.25. The van der Waals surface area contributed by atoms with Gasteiger partial charge < -0.3 is 9.53 Å². The number of ether oxygens (including phenoxy) is 1. The summed E-state index contributed by atoms with van der Waals surface area (Å²) in [6.07, 6.45) is 3.70. The summed E-state index contributed by atoms with van der Waals surface area (Å²) in [5, 5.41) is 0. The highest BCUT2D eigenvalue weighted by Crippen LogP contribution is 2.19. The van der Waals surface area contributed by atoms with E-state index in [2.05, 4.69) is 19.1 Å². The highest BCUT2D eigenvalue weighted by molar-refractivity contribution is 5.66. The van der Waals surface area contributed by atoms with Crippen LogP contribution in [-0.4, -0.2) is 18.4 Å². The van der Waals surface area contributed by atoms with E-state index in [1.807, 2.05) is 18.2 Å². The molecule has 0 amide bonds. The van der Waals surface area contributed by atoms with E-state index in [9.17, 15) is 9.59 Å². The van der Waals surface area contributed by atoms with Crippen molar-refractivity contribution in [2.24, 2.45) is 5.92 Å². The van der Waals surface area contributed by atoms with Crippen molar-refractivity contribution < 1.29 is 14.3 Å². The van der Waals surface area contributed by atoms with Gasteiger partial charge in [-0.15, -0.1) is 0 Å². The van der Waals surface area contributed by atoms with Crippen molar-refractivity contribution >= 4 is 12.3 Å². The maximum atomic E-state index is 11.2. The van der Waals surface area contributed by atoms with Gasteiger partial charge >= 0.3 is 5.97 Å². The summed E-state index contributed by atoms with van der Waals surface area (Å²) in [5.74, 6) is -0.00559. The molecule has 0 heterocycles. The van der Waals surface area contributed by atoms with Gasteiger partial charge in [-0.05, 0) is 30.7 Å². The lowest BCUT2D eigenvalue weighted by atomic mass is 9.92. The molecular formula is C16H22O3. The van der Waals surface area contributed by atoms with E-state index in [1.165, 1.54) is 12.5 Å². The number of hydrogen-bond acceptors (Lipinski definition) is 3. The second-order valence-electron chi connectivity index (χ2n) is 4.91. The number of carbonyl (C=O) groups is 2. The van der Waals surface area contributed by atoms with Gasteiger partial charge in [0, 0.05) is 13.3 Å². The van der Waals surface area contributed by atoms with Crippen LogP contribution in [0.4, 0.5) is 0 Å². The van der Waals surface area contributed by atoms with Crippen molar-refractivity contribution in [3.63, 3.8) is 0 Å². The minimum atomic E-state index is -0.254. The van der Waals surface area contributed by atoms with E-state index in [4.69, 9.17) is 4.74 Å². The molecule has 0 bridgehead atoms. The third kappa shape index (κ3) is 6.18. The molecule has 0 radical (unpaired) electrons. The molecule has 19 heavy (non-hydrogen) atoms. The first-order valence-corrected chi connectivity index (χ1v) is 6.78. The molecule has 3 heteroatoms. The summed E-state index contributed by atoms with van der Waals surface area (Å²) in [6.45, 7) is 3.52. The van der Waals surface area contributed by atoms with Crippen molar-refractivity contribution in [2.45, 2.75) is 45.6 Å². The quantitative estimate of drug-likeness (QED) is 0.410. The molecule has 0 saturated heterocycles. The van der Waals surface area contributed by atoms with E-state index in [0.29, 0.717) is 6.42 Å². The summed E-state index contributed by atoms with van der Waals surface area (Å²) in [6, 6.07) is 10.2. The molecule has 0 aliphatic carbocycles. The van der Waals surface area contributed by atoms with Gasteiger partial charge in [0.25, 0.3) is 0 Å². The number of aldehydes is 1. The maximum absolute atomic E-state index is 11.2. The zero-order valence-electron chi connectivity index (χ0n) is 11.7. The Labute approximate surface area is 115 Å². The molecule has 0 aliphatic rings. The molecule has 1 aromatic carbocycles. The molecule has 0 fully saturated rings. The normalized spacial score (nSPS) is 13.6. The first-order chi connectivity index (χ1) is 9.13. The van der Waals surface area contributed by atoms with E-state index in [1.54, 1.807) is 0 Å². The molecule has 1 aromatic rings. The van der Waals surface area contributed by atoms with Crippen LogP contribution in [0, 0.1) is 5.92 Å². The van der Waals surface area contributed by atoms with Gasteiger partial charge in [-0.3, -0.25) is 4.79 Å². The fourth-order valence-corrected chi connectivity index (χ4v) is 2.19. The second-order valence-corrected chi connectivity index (χ2v) is 4.91. The lowest BCUT2D eigenvalue weighted by Gasteiger charge is -2.23. The Bertz CT molecular complexity index is 386. The SMILES string of the molecule is CC(=O)O[C@H](CCCC=O)[C@H](C)Cc1ccccc1. The summed E-state index contributed by atoms with van der Waals surface area (Å²) >= 11 is 0. The van der Waals surface area contributed by atoms with Crippen molar-refractivity contribution in [2.75, 3.05) is 0 Å². The van der Waals surface area contributed by atoms with E-state index >= 15 is 0 Å². The molecule has 104 valence electrons. The Morgan fingerprint density at radius 3 is 2.58 bits per heavy atom. The Hall–Kier alpha value is -1.64. The van der Waals surface area contributed by atoms with Gasteiger partial charge in [0.15, 0.2) is 0 Å². The van der Waals surface area contributed by atoms with Crippen LogP contribution in [0.25, 0.3) is 0 Å². The highest BCUT2D eigenvalue weighted by Gasteiger charge is 2.20. The van der Waals surface area contributed by atoms with Crippen molar-refractivity contribution in [1.82, 2.24) is 0 Å². The monoisotopic (exact) mass is 262 g/mol. The van der Waals surface area contributed by atoms with Crippen LogP contribution in [0.3, 0.4) is 0 Å². The summed E-state index contributed by atoms with van der Waals surface area (Å²) < 4.78 is 5.38. The number of rotatable bonds is 8. The molecule has 0 aromatic heterocycles. The molecule has 3 nitrogen and oxygen atoms in total. The zero-order chi connectivity index (χ0) is 14.1. The summed E-state index contributed by atoms with van der Waals surface area (Å²) in [4.78, 5) is 21.5. The summed E-state index contributed by atoms with van der Waals surface area (Å²) in [7, 11) is 0. The minimum absolute atomic E-state index is 0.113. The molecule has 0 aliphatic heterocycles. The largest absolute Gasteiger partial charge is 0.462 e. The molecule has 0 spiro atoms. The average Bonchev–Trinajstić information content (AvgIpc) is 2.38. The number of esters is 1. The van der Waals surface area contributed by atoms with Gasteiger partial charge in [-0.1, -0.05) is 37.3 Å². The fraction of sp³-hybridized carbons (Fsp3) is 0.500. The Morgan fingerprint density at radius 1 is 1.32 bits per heavy atom. The average molecular weight is 262 g/mol. The minimum Gasteiger partial charge on any atom is -0.462 e. The van der Waals surface area contributed by atoms with Crippen molar-refractivity contribution in [3.8, 4) is 0 Å². The third-order valence-corrected chi connectivity index (χ3v) is 3.16. The molecule has 0 saturated carbocycles. The van der Waals surface area contributed by atoms with Gasteiger partial charge in [0.2, 0.25) is 0 Å². The lowest BCUT2D eigenvalue weighted by molar-refractivity contribution is -0.149. The van der Waals surface area contributed by atoms with E-state index < -0.39 is 0 Å². The Kier molecular flexibility index (Phi) is 6.86. The van der Waals surface area contributed by atoms with Crippen LogP contribution < -0.4 is 0 Å². The highest BCUT2D eigenvalue weighted by atomic mass is 16.5. The van der Waals surface area contributed by atoms with Crippen LogP contribution >= 0.6 is 0 Å². The predicted octanol–water partition coefficient (Wildman–Crippen LogP) is 3.17. The van der Waals surface area contributed by atoms with Gasteiger partial charge in [0.1, 0.15) is 12.4 Å². The third-order valence-electron chi connectivity index (χ3n) is 3.16. The Morgan fingerprint density at radius 2 is 2.00 bits per heavy atom. The smallest absolute Gasteiger partial charge is 0.302 e. The van der Waals surface area contributed by atoms with Gasteiger partial charge in [0.05, 0.1) is 0 Å². The van der Waals surface area contributed by atoms with Crippen LogP contribution in [0.2, 0.25) is 0 Å². The van der Waals surface area contributed by atoms with Crippen molar-refractivity contribution in [1.29, 1.82) is 0 Å². The fourth-order valence-electron chi connectivity index (χ4n) is 2.19. The zero-order valence-corrected chi connectivity index (χ0v) is 11.7. The topological polar surface area (TPSA) is 43.4 Å². The number of hydrogen-bond donors (Lipinski definition) is 0. The van der Waals surface area contributed by atoms with Gasteiger partial charge in [-0.25, -0.2) is 0 Å². The number of carbonyl (C=O) groups excluding carboxylic acids is 2. The van der Waals surface area contributed by atoms with Crippen LogP contribution in [0.5, 0.6) is 0 Å². The number of unbranched alkanes of at least 4 members (excludes halogenated alkanes) is 1.